The highest BCUT2D eigenvalue weighted by molar-refractivity contribution is 6.30. The van der Waals surface area contributed by atoms with Gasteiger partial charge < -0.3 is 10.1 Å². The molecular weight excluding hydrogens is 210 g/mol. The van der Waals surface area contributed by atoms with Crippen LogP contribution in [0.25, 0.3) is 0 Å². The van der Waals surface area contributed by atoms with Crippen LogP contribution < -0.4 is 10.1 Å². The summed E-state index contributed by atoms with van der Waals surface area (Å²) in [4.78, 5) is 0. The molecule has 1 N–H and O–H groups in total. The molecule has 0 heterocycles. The van der Waals surface area contributed by atoms with Crippen molar-refractivity contribution in [2.75, 3.05) is 13.2 Å². The van der Waals surface area contributed by atoms with Gasteiger partial charge >= 0.3 is 0 Å². The van der Waals surface area contributed by atoms with E-state index < -0.39 is 0 Å². The number of nitrogens with one attached hydrogen (secondary N) is 1. The maximum atomic E-state index is 5.77. The monoisotopic (exact) mass is 225 g/mol. The number of ether oxygens (including phenoxy) is 1. The molecule has 2 rings (SSSR count). The summed E-state index contributed by atoms with van der Waals surface area (Å²) < 4.78 is 5.56. The molecule has 0 atom stereocenters. The number of rotatable bonds is 5. The van der Waals surface area contributed by atoms with Crippen LogP contribution in [-0.2, 0) is 0 Å². The van der Waals surface area contributed by atoms with E-state index in [0.29, 0.717) is 0 Å². The van der Waals surface area contributed by atoms with Crippen molar-refractivity contribution in [3.05, 3.63) is 29.3 Å². The fraction of sp³-hybridized carbons (Fsp3) is 0.500. The van der Waals surface area contributed by atoms with E-state index in [4.69, 9.17) is 16.3 Å². The summed E-state index contributed by atoms with van der Waals surface area (Å²) in [5.74, 6) is 0.884. The zero-order valence-corrected chi connectivity index (χ0v) is 9.46. The third-order valence-electron chi connectivity index (χ3n) is 2.72. The smallest absolute Gasteiger partial charge is 0.119 e. The van der Waals surface area contributed by atoms with Crippen LogP contribution in [0.1, 0.15) is 19.3 Å². The molecule has 1 aliphatic carbocycles. The molecule has 0 saturated heterocycles. The van der Waals surface area contributed by atoms with Crippen LogP contribution in [0.3, 0.4) is 0 Å². The van der Waals surface area contributed by atoms with Crippen LogP contribution in [0.2, 0.25) is 5.02 Å². The van der Waals surface area contributed by atoms with Gasteiger partial charge in [-0.25, -0.2) is 0 Å². The lowest BCUT2D eigenvalue weighted by molar-refractivity contribution is 0.276. The van der Waals surface area contributed by atoms with Crippen LogP contribution >= 0.6 is 11.6 Å². The first-order chi connectivity index (χ1) is 7.34. The van der Waals surface area contributed by atoms with E-state index in [1.807, 2.05) is 24.3 Å². The van der Waals surface area contributed by atoms with Crippen LogP contribution in [0.15, 0.2) is 24.3 Å². The summed E-state index contributed by atoms with van der Waals surface area (Å²) >= 11 is 5.77. The molecule has 0 radical (unpaired) electrons. The Labute approximate surface area is 95.6 Å². The molecule has 1 aliphatic rings. The van der Waals surface area contributed by atoms with Gasteiger partial charge in [0.05, 0.1) is 0 Å². The maximum Gasteiger partial charge on any atom is 0.119 e. The Morgan fingerprint density at radius 3 is 2.60 bits per heavy atom. The van der Waals surface area contributed by atoms with Crippen molar-refractivity contribution in [1.82, 2.24) is 5.32 Å². The molecule has 2 nitrogen and oxygen atoms in total. The van der Waals surface area contributed by atoms with Gasteiger partial charge in [-0.15, -0.1) is 0 Å². The Bertz CT molecular complexity index is 295. The third-order valence-corrected chi connectivity index (χ3v) is 2.97. The van der Waals surface area contributed by atoms with Crippen molar-refractivity contribution in [3.8, 4) is 5.75 Å². The van der Waals surface area contributed by atoms with Crippen molar-refractivity contribution >= 4 is 11.6 Å². The molecule has 0 amide bonds. The lowest BCUT2D eigenvalue weighted by Crippen LogP contribution is -2.37. The Hall–Kier alpha value is -0.730. The van der Waals surface area contributed by atoms with Crippen molar-refractivity contribution in [3.63, 3.8) is 0 Å². The molecule has 0 aromatic heterocycles. The molecule has 0 bridgehead atoms. The van der Waals surface area contributed by atoms with E-state index in [0.717, 1.165) is 30.0 Å². The molecule has 1 aromatic carbocycles. The van der Waals surface area contributed by atoms with Gasteiger partial charge in [-0.3, -0.25) is 0 Å². The SMILES string of the molecule is Clc1ccc(OCCNC2CCC2)cc1. The molecule has 0 spiro atoms. The average molecular weight is 226 g/mol. The molecule has 1 fully saturated rings. The number of halogens is 1. The normalized spacial score (nSPS) is 16.1. The predicted molar refractivity (Wildman–Crippen MR) is 62.6 cm³/mol. The van der Waals surface area contributed by atoms with Gasteiger partial charge in [-0.1, -0.05) is 18.0 Å². The Morgan fingerprint density at radius 1 is 1.27 bits per heavy atom. The second kappa shape index (κ2) is 5.38. The molecule has 82 valence electrons. The lowest BCUT2D eigenvalue weighted by atomic mass is 9.93. The van der Waals surface area contributed by atoms with Crippen molar-refractivity contribution in [2.45, 2.75) is 25.3 Å². The van der Waals surface area contributed by atoms with Gasteiger partial charge in [0.15, 0.2) is 0 Å². The van der Waals surface area contributed by atoms with Crippen LogP contribution in [-0.4, -0.2) is 19.2 Å². The van der Waals surface area contributed by atoms with Gasteiger partial charge in [-0.2, -0.15) is 0 Å². The highest BCUT2D eigenvalue weighted by Gasteiger charge is 2.15. The Morgan fingerprint density at radius 2 is 2.00 bits per heavy atom. The van der Waals surface area contributed by atoms with Crippen molar-refractivity contribution in [1.29, 1.82) is 0 Å². The highest BCUT2D eigenvalue weighted by Crippen LogP contribution is 2.18. The predicted octanol–water partition coefficient (Wildman–Crippen LogP) is 2.86. The summed E-state index contributed by atoms with van der Waals surface area (Å²) in [5.41, 5.74) is 0. The fourth-order valence-corrected chi connectivity index (χ4v) is 1.70. The van der Waals surface area contributed by atoms with Crippen LogP contribution in [0, 0.1) is 0 Å². The standard InChI is InChI=1S/C12H16ClNO/c13-10-4-6-12(7-5-10)15-9-8-14-11-2-1-3-11/h4-7,11,14H,1-3,8-9H2. The van der Waals surface area contributed by atoms with E-state index in [-0.39, 0.29) is 0 Å². The molecule has 15 heavy (non-hydrogen) atoms. The summed E-state index contributed by atoms with van der Waals surface area (Å²) in [5, 5.41) is 4.19. The fourth-order valence-electron chi connectivity index (χ4n) is 1.58. The number of hydrogen-bond donors (Lipinski definition) is 1. The van der Waals surface area contributed by atoms with Crippen LogP contribution in [0.5, 0.6) is 5.75 Å². The average Bonchev–Trinajstić information content (AvgIpc) is 2.18. The number of benzene rings is 1. The minimum atomic E-state index is 0.720. The zero-order chi connectivity index (χ0) is 10.5. The molecule has 1 saturated carbocycles. The van der Waals surface area contributed by atoms with Gasteiger partial charge in [-0.05, 0) is 37.1 Å². The first kappa shape index (κ1) is 10.8. The van der Waals surface area contributed by atoms with Gasteiger partial charge in [0.25, 0.3) is 0 Å². The van der Waals surface area contributed by atoms with E-state index >= 15 is 0 Å². The number of hydrogen-bond acceptors (Lipinski definition) is 2. The summed E-state index contributed by atoms with van der Waals surface area (Å²) in [6.07, 6.45) is 4.01. The van der Waals surface area contributed by atoms with Gasteiger partial charge in [0.1, 0.15) is 12.4 Å². The molecule has 0 unspecified atom stereocenters. The lowest BCUT2D eigenvalue weighted by Gasteiger charge is -2.26. The molecule has 0 aliphatic heterocycles. The summed E-state index contributed by atoms with van der Waals surface area (Å²) in [6, 6.07) is 8.21. The van der Waals surface area contributed by atoms with Gasteiger partial charge in [0.2, 0.25) is 0 Å². The first-order valence-electron chi connectivity index (χ1n) is 5.46. The van der Waals surface area contributed by atoms with E-state index in [1.165, 1.54) is 19.3 Å². The quantitative estimate of drug-likeness (QED) is 0.779. The van der Waals surface area contributed by atoms with E-state index in [2.05, 4.69) is 5.32 Å². The van der Waals surface area contributed by atoms with Crippen LogP contribution in [0.4, 0.5) is 0 Å². The van der Waals surface area contributed by atoms with Crippen molar-refractivity contribution in [2.24, 2.45) is 0 Å². The summed E-state index contributed by atoms with van der Waals surface area (Å²) in [6.45, 7) is 1.64. The Kier molecular flexibility index (Phi) is 3.87. The molecule has 3 heteroatoms. The summed E-state index contributed by atoms with van der Waals surface area (Å²) in [7, 11) is 0. The second-order valence-electron chi connectivity index (χ2n) is 3.88. The topological polar surface area (TPSA) is 21.3 Å². The molecular formula is C12H16ClNO. The van der Waals surface area contributed by atoms with Gasteiger partial charge in [0, 0.05) is 17.6 Å². The zero-order valence-electron chi connectivity index (χ0n) is 8.71. The third kappa shape index (κ3) is 3.40. The largest absolute Gasteiger partial charge is 0.492 e. The van der Waals surface area contributed by atoms with E-state index in [1.54, 1.807) is 0 Å². The molecule has 1 aromatic rings. The minimum Gasteiger partial charge on any atom is -0.492 e. The Balaban J connectivity index is 1.62. The van der Waals surface area contributed by atoms with E-state index in [9.17, 15) is 0 Å². The highest BCUT2D eigenvalue weighted by atomic mass is 35.5. The second-order valence-corrected chi connectivity index (χ2v) is 4.32. The van der Waals surface area contributed by atoms with Crippen molar-refractivity contribution < 1.29 is 4.74 Å². The first-order valence-corrected chi connectivity index (χ1v) is 5.84. The maximum absolute atomic E-state index is 5.77. The minimum absolute atomic E-state index is 0.720.